The van der Waals surface area contributed by atoms with Crippen LogP contribution >= 0.6 is 0 Å². The van der Waals surface area contributed by atoms with E-state index in [4.69, 9.17) is 4.74 Å². The van der Waals surface area contributed by atoms with E-state index in [1.807, 2.05) is 60.7 Å². The molecule has 0 bridgehead atoms. The Morgan fingerprint density at radius 1 is 0.884 bits per heavy atom. The predicted molar refractivity (Wildman–Crippen MR) is 165 cm³/mol. The average Bonchev–Trinajstić information content (AvgIpc) is 2.96. The Kier molecular flexibility index (Phi) is 12.5. The number of hydrogen-bond donors (Lipinski definition) is 5. The van der Waals surface area contributed by atoms with E-state index in [0.29, 0.717) is 12.0 Å². The fraction of sp³-hybridized carbons (Fsp3) is 0.424. The van der Waals surface area contributed by atoms with Gasteiger partial charge in [-0.05, 0) is 63.3 Å². The largest absolute Gasteiger partial charge is 0.465 e. The summed E-state index contributed by atoms with van der Waals surface area (Å²) in [7, 11) is 0. The quantitative estimate of drug-likeness (QED) is 0.188. The molecule has 3 aromatic rings. The van der Waals surface area contributed by atoms with E-state index in [1.165, 1.54) is 4.90 Å². The van der Waals surface area contributed by atoms with Gasteiger partial charge in [0.05, 0.1) is 30.3 Å². The molecule has 0 aliphatic heterocycles. The van der Waals surface area contributed by atoms with E-state index in [2.05, 4.69) is 15.6 Å². The first-order valence-electron chi connectivity index (χ1n) is 14.5. The first-order chi connectivity index (χ1) is 20.4. The van der Waals surface area contributed by atoms with E-state index in [1.54, 1.807) is 52.2 Å². The van der Waals surface area contributed by atoms with Crippen molar-refractivity contribution >= 4 is 12.2 Å². The van der Waals surface area contributed by atoms with Crippen molar-refractivity contribution in [2.45, 2.75) is 76.5 Å². The number of carboxylic acid groups (broad SMARTS) is 1. The lowest BCUT2D eigenvalue weighted by atomic mass is 9.96. The molecular formula is C33H44N4O6. The molecule has 0 saturated heterocycles. The number of alkyl carbamates (subject to hydrolysis) is 1. The molecule has 0 radical (unpaired) electrons. The van der Waals surface area contributed by atoms with Gasteiger partial charge in [-0.1, -0.05) is 66.7 Å². The number of nitrogens with one attached hydrogen (secondary N) is 2. The molecule has 0 fully saturated rings. The number of aromatic nitrogens is 1. The van der Waals surface area contributed by atoms with E-state index >= 15 is 0 Å². The third-order valence-corrected chi connectivity index (χ3v) is 7.07. The Labute approximate surface area is 253 Å². The van der Waals surface area contributed by atoms with Gasteiger partial charge in [-0.3, -0.25) is 9.88 Å². The summed E-state index contributed by atoms with van der Waals surface area (Å²) in [6.45, 7) is 7.10. The molecule has 2 amide bonds. The smallest absolute Gasteiger partial charge is 0.408 e. The normalized spacial score (nSPS) is 15.0. The molecule has 5 atom stereocenters. The fourth-order valence-corrected chi connectivity index (χ4v) is 4.92. The van der Waals surface area contributed by atoms with E-state index in [0.717, 1.165) is 11.1 Å². The van der Waals surface area contributed by atoms with Gasteiger partial charge in [0, 0.05) is 25.5 Å². The highest BCUT2D eigenvalue weighted by Gasteiger charge is 2.34. The molecule has 43 heavy (non-hydrogen) atoms. The summed E-state index contributed by atoms with van der Waals surface area (Å²) in [4.78, 5) is 30.5. The summed E-state index contributed by atoms with van der Waals surface area (Å²) in [5.74, 6) is 0. The molecule has 10 heteroatoms. The van der Waals surface area contributed by atoms with Crippen molar-refractivity contribution in [1.82, 2.24) is 20.5 Å². The van der Waals surface area contributed by atoms with Gasteiger partial charge >= 0.3 is 12.2 Å². The molecule has 1 heterocycles. The zero-order valence-corrected chi connectivity index (χ0v) is 25.3. The van der Waals surface area contributed by atoms with Gasteiger partial charge < -0.3 is 30.7 Å². The standard InChI is InChI=1S/C33H44N4O6/c1-23(26-16-11-17-34-20-26)37(32(41)42)28(19-25-14-9-6-10-15-25)30(39)22-35-21-29(38)27(18-24-12-7-5-8-13-24)36-31(40)43-33(2,3)4/h5-17,20,23,27-30,35,38-39H,18-19,21-22H2,1-4H3,(H,36,40)(H,41,42)/t23?,27-,28-,29+,30+/m0/s1. The zero-order valence-electron chi connectivity index (χ0n) is 25.3. The van der Waals surface area contributed by atoms with Crippen molar-refractivity contribution in [2.75, 3.05) is 13.1 Å². The van der Waals surface area contributed by atoms with E-state index in [-0.39, 0.29) is 19.5 Å². The van der Waals surface area contributed by atoms with Gasteiger partial charge in [0.15, 0.2) is 0 Å². The van der Waals surface area contributed by atoms with Crippen LogP contribution in [0.1, 0.15) is 50.4 Å². The lowest BCUT2D eigenvalue weighted by molar-refractivity contribution is 0.0270. The Hall–Kier alpha value is -3.99. The summed E-state index contributed by atoms with van der Waals surface area (Å²) >= 11 is 0. The number of nitrogens with zero attached hydrogens (tertiary/aromatic N) is 2. The first kappa shape index (κ1) is 33.5. The summed E-state index contributed by atoms with van der Waals surface area (Å²) in [6, 6.07) is 20.4. The summed E-state index contributed by atoms with van der Waals surface area (Å²) in [5.41, 5.74) is 1.80. The summed E-state index contributed by atoms with van der Waals surface area (Å²) in [6.07, 6.45) is -0.0806. The highest BCUT2D eigenvalue weighted by molar-refractivity contribution is 5.68. The third-order valence-electron chi connectivity index (χ3n) is 7.07. The van der Waals surface area contributed by atoms with Crippen LogP contribution in [0.4, 0.5) is 9.59 Å². The molecule has 10 nitrogen and oxygen atoms in total. The number of amides is 2. The Bertz CT molecular complexity index is 1260. The number of benzene rings is 2. The van der Waals surface area contributed by atoms with Crippen LogP contribution in [-0.4, -0.2) is 80.4 Å². The molecule has 1 unspecified atom stereocenters. The minimum Gasteiger partial charge on any atom is -0.465 e. The maximum absolute atomic E-state index is 12.6. The monoisotopic (exact) mass is 592 g/mol. The lowest BCUT2D eigenvalue weighted by Crippen LogP contribution is -2.54. The number of pyridine rings is 1. The SMILES string of the molecule is CC(c1cccnc1)N(C(=O)O)[C@@H](Cc1ccccc1)[C@H](O)CNC[C@@H](O)[C@H](Cc1ccccc1)NC(=O)OC(C)(C)C. The molecule has 5 N–H and O–H groups in total. The van der Waals surface area contributed by atoms with Gasteiger partial charge in [-0.2, -0.15) is 0 Å². The summed E-state index contributed by atoms with van der Waals surface area (Å²) in [5, 5.41) is 38.6. The van der Waals surface area contributed by atoms with Crippen LogP contribution in [0, 0.1) is 0 Å². The zero-order chi connectivity index (χ0) is 31.4. The second-order valence-electron chi connectivity index (χ2n) is 11.6. The van der Waals surface area contributed by atoms with Crippen LogP contribution in [0.15, 0.2) is 85.2 Å². The number of rotatable bonds is 14. The fourth-order valence-electron chi connectivity index (χ4n) is 4.92. The van der Waals surface area contributed by atoms with Crippen LogP contribution < -0.4 is 10.6 Å². The Morgan fingerprint density at radius 3 is 2.00 bits per heavy atom. The topological polar surface area (TPSA) is 144 Å². The first-order valence-corrected chi connectivity index (χ1v) is 14.5. The Balaban J connectivity index is 1.74. The number of carbonyl (C=O) groups excluding carboxylic acids is 1. The molecule has 0 saturated carbocycles. The van der Waals surface area contributed by atoms with Crippen molar-refractivity contribution in [1.29, 1.82) is 0 Å². The van der Waals surface area contributed by atoms with Gasteiger partial charge in [-0.15, -0.1) is 0 Å². The highest BCUT2D eigenvalue weighted by Crippen LogP contribution is 2.26. The average molecular weight is 593 g/mol. The van der Waals surface area contributed by atoms with Crippen LogP contribution in [0.5, 0.6) is 0 Å². The number of hydrogen-bond acceptors (Lipinski definition) is 7. The number of carbonyl (C=O) groups is 2. The van der Waals surface area contributed by atoms with Crippen molar-refractivity contribution in [3.63, 3.8) is 0 Å². The number of aliphatic hydroxyl groups excluding tert-OH is 2. The lowest BCUT2D eigenvalue weighted by Gasteiger charge is -2.37. The van der Waals surface area contributed by atoms with Crippen molar-refractivity contribution in [3.05, 3.63) is 102 Å². The molecule has 0 aliphatic rings. The molecule has 232 valence electrons. The third kappa shape index (κ3) is 11.0. The molecular weight excluding hydrogens is 548 g/mol. The predicted octanol–water partition coefficient (Wildman–Crippen LogP) is 4.18. The number of aliphatic hydroxyl groups is 2. The second-order valence-corrected chi connectivity index (χ2v) is 11.6. The van der Waals surface area contributed by atoms with Gasteiger partial charge in [0.1, 0.15) is 5.60 Å². The molecule has 3 rings (SSSR count). The minimum atomic E-state index is -1.17. The molecule has 2 aromatic carbocycles. The molecule has 1 aromatic heterocycles. The maximum Gasteiger partial charge on any atom is 0.408 e. The number of ether oxygens (including phenoxy) is 1. The van der Waals surface area contributed by atoms with Crippen LogP contribution in [0.3, 0.4) is 0 Å². The van der Waals surface area contributed by atoms with Crippen molar-refractivity contribution < 1.29 is 29.6 Å². The van der Waals surface area contributed by atoms with Crippen molar-refractivity contribution in [3.8, 4) is 0 Å². The molecule has 0 spiro atoms. The van der Waals surface area contributed by atoms with Gasteiger partial charge in [0.25, 0.3) is 0 Å². The van der Waals surface area contributed by atoms with Gasteiger partial charge in [0.2, 0.25) is 0 Å². The Morgan fingerprint density at radius 2 is 1.47 bits per heavy atom. The van der Waals surface area contributed by atoms with Crippen molar-refractivity contribution in [2.24, 2.45) is 0 Å². The van der Waals surface area contributed by atoms with E-state index in [9.17, 15) is 24.9 Å². The second kappa shape index (κ2) is 16.0. The van der Waals surface area contributed by atoms with Crippen LogP contribution in [-0.2, 0) is 17.6 Å². The minimum absolute atomic E-state index is 0.00257. The summed E-state index contributed by atoms with van der Waals surface area (Å²) < 4.78 is 5.41. The van der Waals surface area contributed by atoms with E-state index < -0.39 is 48.1 Å². The highest BCUT2D eigenvalue weighted by atomic mass is 16.6. The molecule has 0 aliphatic carbocycles. The van der Waals surface area contributed by atoms with Crippen LogP contribution in [0.25, 0.3) is 0 Å². The van der Waals surface area contributed by atoms with Crippen LogP contribution in [0.2, 0.25) is 0 Å². The van der Waals surface area contributed by atoms with Gasteiger partial charge in [-0.25, -0.2) is 9.59 Å². The maximum atomic E-state index is 12.6.